The molecule has 1 unspecified atom stereocenters. The Morgan fingerprint density at radius 3 is 2.56 bits per heavy atom. The molecule has 1 atom stereocenters. The van der Waals surface area contributed by atoms with Crippen LogP contribution in [0.5, 0.6) is 0 Å². The van der Waals surface area contributed by atoms with Crippen LogP contribution in [0.25, 0.3) is 0 Å². The first kappa shape index (κ1) is 27.4. The first-order valence-corrected chi connectivity index (χ1v) is 15.2. The highest BCUT2D eigenvalue weighted by molar-refractivity contribution is 7.89. The Hall–Kier alpha value is -3.12. The van der Waals surface area contributed by atoms with Gasteiger partial charge < -0.3 is 10.1 Å². The summed E-state index contributed by atoms with van der Waals surface area (Å²) >= 11 is 1.34. The average Bonchev–Trinajstić information content (AvgIpc) is 3.55. The molecule has 0 bridgehead atoms. The molecule has 2 aromatic carbocycles. The minimum atomic E-state index is -4.01. The first-order chi connectivity index (χ1) is 18.8. The molecule has 1 fully saturated rings. The second-order valence-electron chi connectivity index (χ2n) is 9.59. The van der Waals surface area contributed by atoms with E-state index in [1.807, 2.05) is 18.2 Å². The quantitative estimate of drug-likeness (QED) is 0.403. The number of carbonyl (C=O) groups excluding carboxylic acids is 2. The molecule has 3 heterocycles. The number of sulfonamides is 1. The number of fused-ring (bicyclic) bond motifs is 1. The Morgan fingerprint density at radius 1 is 1.10 bits per heavy atom. The van der Waals surface area contributed by atoms with Gasteiger partial charge in [0.15, 0.2) is 0 Å². The lowest BCUT2D eigenvalue weighted by Crippen LogP contribution is -2.43. The van der Waals surface area contributed by atoms with E-state index in [9.17, 15) is 22.4 Å². The standard InChI is InChI=1S/C28H30FN3O5S2/c1-2-37-28(34)25-22-14-16-31(17-19-7-4-3-5-8-19)18-24(22)38-27(25)30-26(33)23-9-6-15-32(23)39(35,36)21-12-10-20(29)11-13-21/h3-5,7-8,10-13,23H,2,6,9,14-18H2,1H3,(H,30,33). The Balaban J connectivity index is 1.38. The van der Waals surface area contributed by atoms with E-state index in [4.69, 9.17) is 4.74 Å². The number of esters is 1. The summed E-state index contributed by atoms with van der Waals surface area (Å²) in [5, 5.41) is 3.26. The summed E-state index contributed by atoms with van der Waals surface area (Å²) in [4.78, 5) is 29.7. The molecule has 3 aromatic rings. The van der Waals surface area contributed by atoms with Gasteiger partial charge in [0.05, 0.1) is 17.1 Å². The van der Waals surface area contributed by atoms with Crippen molar-refractivity contribution in [2.75, 3.05) is 25.0 Å². The number of hydrogen-bond donors (Lipinski definition) is 1. The van der Waals surface area contributed by atoms with E-state index in [1.165, 1.54) is 29.0 Å². The number of rotatable bonds is 8. The van der Waals surface area contributed by atoms with Crippen LogP contribution in [-0.2, 0) is 39.1 Å². The van der Waals surface area contributed by atoms with Gasteiger partial charge in [0, 0.05) is 31.1 Å². The lowest BCUT2D eigenvalue weighted by atomic mass is 10.0. The molecule has 11 heteroatoms. The predicted molar refractivity (Wildman–Crippen MR) is 146 cm³/mol. The molecule has 2 aliphatic rings. The van der Waals surface area contributed by atoms with Gasteiger partial charge in [-0.2, -0.15) is 4.31 Å². The molecule has 1 N–H and O–H groups in total. The molecule has 2 aliphatic heterocycles. The molecule has 206 valence electrons. The van der Waals surface area contributed by atoms with Crippen LogP contribution in [0.4, 0.5) is 9.39 Å². The van der Waals surface area contributed by atoms with Crippen molar-refractivity contribution in [1.29, 1.82) is 0 Å². The number of halogens is 1. The molecule has 8 nitrogen and oxygen atoms in total. The van der Waals surface area contributed by atoms with Crippen LogP contribution in [0.2, 0.25) is 0 Å². The Labute approximate surface area is 231 Å². The molecule has 5 rings (SSSR count). The first-order valence-electron chi connectivity index (χ1n) is 12.9. The fraction of sp³-hybridized carbons (Fsp3) is 0.357. The van der Waals surface area contributed by atoms with E-state index < -0.39 is 33.8 Å². The molecule has 1 saturated heterocycles. The third kappa shape index (κ3) is 5.76. The number of thiophene rings is 1. The second-order valence-corrected chi connectivity index (χ2v) is 12.6. The van der Waals surface area contributed by atoms with E-state index in [-0.39, 0.29) is 18.0 Å². The van der Waals surface area contributed by atoms with Crippen LogP contribution in [-0.4, -0.2) is 55.2 Å². The maximum absolute atomic E-state index is 13.5. The molecule has 0 saturated carbocycles. The highest BCUT2D eigenvalue weighted by Gasteiger charge is 2.40. The number of nitrogens with one attached hydrogen (secondary N) is 1. The Kier molecular flexibility index (Phi) is 8.13. The van der Waals surface area contributed by atoms with Crippen LogP contribution in [0, 0.1) is 5.82 Å². The minimum Gasteiger partial charge on any atom is -0.462 e. The number of benzene rings is 2. The van der Waals surface area contributed by atoms with Crippen molar-refractivity contribution in [3.8, 4) is 0 Å². The van der Waals surface area contributed by atoms with Crippen LogP contribution in [0.3, 0.4) is 0 Å². The van der Waals surface area contributed by atoms with Crippen LogP contribution >= 0.6 is 11.3 Å². The van der Waals surface area contributed by atoms with E-state index in [1.54, 1.807) is 6.92 Å². The van der Waals surface area contributed by atoms with Crippen molar-refractivity contribution in [3.05, 3.63) is 82.0 Å². The number of hydrogen-bond acceptors (Lipinski definition) is 7. The van der Waals surface area contributed by atoms with Gasteiger partial charge in [-0.15, -0.1) is 11.3 Å². The molecule has 0 spiro atoms. The Morgan fingerprint density at radius 2 is 1.85 bits per heavy atom. The van der Waals surface area contributed by atoms with Crippen LogP contribution < -0.4 is 5.32 Å². The summed E-state index contributed by atoms with van der Waals surface area (Å²) in [6.45, 7) is 4.26. The molecule has 1 amide bonds. The molecular weight excluding hydrogens is 541 g/mol. The van der Waals surface area contributed by atoms with Gasteiger partial charge in [-0.05, 0) is 61.6 Å². The van der Waals surface area contributed by atoms with Crippen molar-refractivity contribution in [3.63, 3.8) is 0 Å². The third-order valence-electron chi connectivity index (χ3n) is 7.03. The summed E-state index contributed by atoms with van der Waals surface area (Å²) in [5.74, 6) is -1.53. The highest BCUT2D eigenvalue weighted by Crippen LogP contribution is 2.39. The molecule has 39 heavy (non-hydrogen) atoms. The summed E-state index contributed by atoms with van der Waals surface area (Å²) < 4.78 is 46.4. The lowest BCUT2D eigenvalue weighted by molar-refractivity contribution is -0.119. The van der Waals surface area contributed by atoms with Crippen LogP contribution in [0.15, 0.2) is 59.5 Å². The maximum atomic E-state index is 13.5. The van der Waals surface area contributed by atoms with Gasteiger partial charge in [0.1, 0.15) is 16.9 Å². The molecule has 1 aromatic heterocycles. The third-order valence-corrected chi connectivity index (χ3v) is 10.1. The minimum absolute atomic E-state index is 0.0686. The monoisotopic (exact) mass is 571 g/mol. The average molecular weight is 572 g/mol. The van der Waals surface area contributed by atoms with Gasteiger partial charge in [-0.1, -0.05) is 30.3 Å². The topological polar surface area (TPSA) is 96.0 Å². The Bertz CT molecular complexity index is 1460. The van der Waals surface area contributed by atoms with E-state index in [0.717, 1.165) is 40.0 Å². The smallest absolute Gasteiger partial charge is 0.341 e. The zero-order valence-electron chi connectivity index (χ0n) is 21.6. The van der Waals surface area contributed by atoms with Crippen molar-refractivity contribution < 1.29 is 27.1 Å². The summed E-state index contributed by atoms with van der Waals surface area (Å²) in [7, 11) is -4.01. The largest absolute Gasteiger partial charge is 0.462 e. The van der Waals surface area contributed by atoms with Gasteiger partial charge in [0.25, 0.3) is 0 Å². The predicted octanol–water partition coefficient (Wildman–Crippen LogP) is 4.41. The lowest BCUT2D eigenvalue weighted by Gasteiger charge is -2.27. The maximum Gasteiger partial charge on any atom is 0.341 e. The fourth-order valence-corrected chi connectivity index (χ4v) is 8.10. The van der Waals surface area contributed by atoms with Crippen molar-refractivity contribution >= 4 is 38.2 Å². The normalized spacial score (nSPS) is 18.1. The number of ether oxygens (including phenoxy) is 1. The van der Waals surface area contributed by atoms with Crippen LogP contribution in [0.1, 0.15) is 46.1 Å². The van der Waals surface area contributed by atoms with E-state index in [0.29, 0.717) is 36.4 Å². The van der Waals surface area contributed by atoms with Gasteiger partial charge >= 0.3 is 5.97 Å². The highest BCUT2D eigenvalue weighted by atomic mass is 32.2. The van der Waals surface area contributed by atoms with E-state index >= 15 is 0 Å². The number of carbonyl (C=O) groups is 2. The summed E-state index contributed by atoms with van der Waals surface area (Å²) in [6.07, 6.45) is 1.49. The summed E-state index contributed by atoms with van der Waals surface area (Å²) in [6, 6.07) is 13.8. The SMILES string of the molecule is CCOC(=O)c1c(NC(=O)C2CCCN2S(=O)(=O)c2ccc(F)cc2)sc2c1CCN(Cc1ccccc1)C2. The molecule has 0 aliphatic carbocycles. The number of anilines is 1. The zero-order chi connectivity index (χ0) is 27.6. The molecule has 0 radical (unpaired) electrons. The fourth-order valence-electron chi connectivity index (χ4n) is 5.17. The zero-order valence-corrected chi connectivity index (χ0v) is 23.2. The number of nitrogens with zero attached hydrogens (tertiary/aromatic N) is 2. The van der Waals surface area contributed by atoms with E-state index in [2.05, 4.69) is 22.3 Å². The van der Waals surface area contributed by atoms with Crippen molar-refractivity contribution in [1.82, 2.24) is 9.21 Å². The summed E-state index contributed by atoms with van der Waals surface area (Å²) in [5.41, 5.74) is 2.43. The number of amides is 1. The van der Waals surface area contributed by atoms with Gasteiger partial charge in [0.2, 0.25) is 15.9 Å². The van der Waals surface area contributed by atoms with Gasteiger partial charge in [-0.25, -0.2) is 17.6 Å². The van der Waals surface area contributed by atoms with Crippen molar-refractivity contribution in [2.24, 2.45) is 0 Å². The van der Waals surface area contributed by atoms with Crippen molar-refractivity contribution in [2.45, 2.75) is 50.2 Å². The van der Waals surface area contributed by atoms with Gasteiger partial charge in [-0.3, -0.25) is 9.69 Å². The second kappa shape index (κ2) is 11.5. The molecular formula is C28H30FN3O5S2.